The second kappa shape index (κ2) is 6.90. The van der Waals surface area contributed by atoms with Gasteiger partial charge in [0.15, 0.2) is 5.43 Å². The van der Waals surface area contributed by atoms with Gasteiger partial charge in [0.05, 0.1) is 21.9 Å². The standard InChI is InChI=1S/C20H16N2O6/c23-11-3-10-21-17(12-6-8-13(9-7-12)22(26)27)16-18(24)14-4-1-2-5-15(14)28-19(16)20(21)25/h1-2,4-9,17,23H,3,10-11H2. The van der Waals surface area contributed by atoms with Crippen molar-refractivity contribution in [1.82, 2.24) is 4.90 Å². The Balaban J connectivity index is 1.92. The van der Waals surface area contributed by atoms with Gasteiger partial charge in [-0.3, -0.25) is 19.7 Å². The van der Waals surface area contributed by atoms with Gasteiger partial charge < -0.3 is 14.4 Å². The predicted octanol–water partition coefficient (Wildman–Crippen LogP) is 2.63. The number of carbonyl (C=O) groups excluding carboxylic acids is 1. The van der Waals surface area contributed by atoms with E-state index >= 15 is 0 Å². The van der Waals surface area contributed by atoms with Gasteiger partial charge in [-0.1, -0.05) is 12.1 Å². The number of aliphatic hydroxyl groups is 1. The molecule has 1 atom stereocenters. The zero-order valence-corrected chi connectivity index (χ0v) is 14.7. The minimum atomic E-state index is -0.726. The van der Waals surface area contributed by atoms with Crippen molar-refractivity contribution in [2.24, 2.45) is 0 Å². The van der Waals surface area contributed by atoms with Gasteiger partial charge in [0.25, 0.3) is 11.6 Å². The van der Waals surface area contributed by atoms with Crippen LogP contribution in [0.4, 0.5) is 5.69 Å². The van der Waals surface area contributed by atoms with Crippen LogP contribution in [0.2, 0.25) is 0 Å². The van der Waals surface area contributed by atoms with Crippen LogP contribution in [-0.4, -0.2) is 34.0 Å². The van der Waals surface area contributed by atoms with Crippen molar-refractivity contribution in [1.29, 1.82) is 0 Å². The summed E-state index contributed by atoms with van der Waals surface area (Å²) < 4.78 is 5.76. The lowest BCUT2D eigenvalue weighted by molar-refractivity contribution is -0.384. The van der Waals surface area contributed by atoms with E-state index < -0.39 is 16.9 Å². The molecule has 1 aromatic heterocycles. The molecule has 142 valence electrons. The van der Waals surface area contributed by atoms with E-state index in [2.05, 4.69) is 0 Å². The van der Waals surface area contributed by atoms with Gasteiger partial charge >= 0.3 is 0 Å². The lowest BCUT2D eigenvalue weighted by Gasteiger charge is -2.24. The fourth-order valence-electron chi connectivity index (χ4n) is 3.56. The molecule has 1 N–H and O–H groups in total. The second-order valence-electron chi connectivity index (χ2n) is 6.50. The number of benzene rings is 2. The molecule has 4 rings (SSSR count). The zero-order valence-electron chi connectivity index (χ0n) is 14.7. The van der Waals surface area contributed by atoms with Gasteiger partial charge in [0.1, 0.15) is 5.58 Å². The number of nitro benzene ring substituents is 1. The summed E-state index contributed by atoms with van der Waals surface area (Å²) in [6, 6.07) is 11.7. The first kappa shape index (κ1) is 17.9. The maximum Gasteiger partial charge on any atom is 0.290 e. The lowest BCUT2D eigenvalue weighted by Crippen LogP contribution is -2.31. The normalized spacial score (nSPS) is 15.8. The first-order chi connectivity index (χ1) is 13.5. The molecule has 8 nitrogen and oxygen atoms in total. The van der Waals surface area contributed by atoms with Crippen LogP contribution in [0.1, 0.15) is 34.1 Å². The van der Waals surface area contributed by atoms with Crippen LogP contribution in [0, 0.1) is 10.1 Å². The molecular weight excluding hydrogens is 364 g/mol. The molecule has 8 heteroatoms. The summed E-state index contributed by atoms with van der Waals surface area (Å²) in [7, 11) is 0. The van der Waals surface area contributed by atoms with Crippen molar-refractivity contribution in [2.45, 2.75) is 12.5 Å². The van der Waals surface area contributed by atoms with Gasteiger partial charge in [-0.2, -0.15) is 0 Å². The van der Waals surface area contributed by atoms with Gasteiger partial charge in [-0.25, -0.2) is 0 Å². The number of hydrogen-bond acceptors (Lipinski definition) is 6. The first-order valence-electron chi connectivity index (χ1n) is 8.75. The Morgan fingerprint density at radius 2 is 1.82 bits per heavy atom. The Morgan fingerprint density at radius 1 is 1.11 bits per heavy atom. The SMILES string of the molecule is O=C1c2oc3ccccc3c(=O)c2C(c2ccc([N+](=O)[O-])cc2)N1CCCO. The van der Waals surface area contributed by atoms with Gasteiger partial charge in [0.2, 0.25) is 5.76 Å². The second-order valence-corrected chi connectivity index (χ2v) is 6.50. The largest absolute Gasteiger partial charge is 0.450 e. The van der Waals surface area contributed by atoms with E-state index in [1.54, 1.807) is 24.3 Å². The summed E-state index contributed by atoms with van der Waals surface area (Å²) >= 11 is 0. The van der Waals surface area contributed by atoms with Gasteiger partial charge in [-0.15, -0.1) is 0 Å². The van der Waals surface area contributed by atoms with E-state index in [-0.39, 0.29) is 35.6 Å². The predicted molar refractivity (Wildman–Crippen MR) is 100 cm³/mol. The van der Waals surface area contributed by atoms with Crippen LogP contribution in [0.25, 0.3) is 11.0 Å². The molecule has 0 fully saturated rings. The highest BCUT2D eigenvalue weighted by Crippen LogP contribution is 2.38. The van der Waals surface area contributed by atoms with Crippen molar-refractivity contribution < 1.29 is 19.2 Å². The van der Waals surface area contributed by atoms with Crippen LogP contribution in [-0.2, 0) is 0 Å². The molecule has 2 heterocycles. The van der Waals surface area contributed by atoms with Crippen LogP contribution < -0.4 is 5.43 Å². The molecule has 0 bridgehead atoms. The molecular formula is C20H16N2O6. The minimum Gasteiger partial charge on any atom is -0.450 e. The quantitative estimate of drug-likeness (QED) is 0.538. The summed E-state index contributed by atoms with van der Waals surface area (Å²) in [5.74, 6) is -0.459. The molecule has 0 radical (unpaired) electrons. The minimum absolute atomic E-state index is 0.0232. The molecule has 1 aliphatic rings. The fraction of sp³-hybridized carbons (Fsp3) is 0.200. The highest BCUT2D eigenvalue weighted by molar-refractivity contribution is 5.99. The highest BCUT2D eigenvalue weighted by atomic mass is 16.6. The maximum atomic E-state index is 13.1. The Morgan fingerprint density at radius 3 is 2.50 bits per heavy atom. The van der Waals surface area contributed by atoms with Crippen molar-refractivity contribution in [3.63, 3.8) is 0 Å². The van der Waals surface area contributed by atoms with E-state index in [9.17, 15) is 24.8 Å². The Hall–Kier alpha value is -3.52. The number of rotatable bonds is 5. The van der Waals surface area contributed by atoms with E-state index in [0.717, 1.165) is 0 Å². The zero-order chi connectivity index (χ0) is 19.8. The highest BCUT2D eigenvalue weighted by Gasteiger charge is 2.42. The first-order valence-corrected chi connectivity index (χ1v) is 8.75. The Bertz CT molecular complexity index is 1140. The third kappa shape index (κ3) is 2.74. The fourth-order valence-corrected chi connectivity index (χ4v) is 3.56. The molecule has 1 unspecified atom stereocenters. The summed E-state index contributed by atoms with van der Waals surface area (Å²) in [5.41, 5.74) is 0.723. The molecule has 1 aliphatic heterocycles. The number of hydrogen-bond donors (Lipinski definition) is 1. The number of carbonyl (C=O) groups is 1. The number of amides is 1. The Kier molecular flexibility index (Phi) is 4.40. The third-order valence-electron chi connectivity index (χ3n) is 4.85. The van der Waals surface area contributed by atoms with Crippen LogP contribution in [0.5, 0.6) is 0 Å². The van der Waals surface area contributed by atoms with Crippen molar-refractivity contribution in [2.75, 3.05) is 13.2 Å². The molecule has 0 saturated heterocycles. The summed E-state index contributed by atoms with van der Waals surface area (Å²) in [4.78, 5) is 38.0. The van der Waals surface area contributed by atoms with Crippen molar-refractivity contribution in [3.05, 3.63) is 85.8 Å². The Labute approximate surface area is 158 Å². The van der Waals surface area contributed by atoms with Crippen LogP contribution >= 0.6 is 0 Å². The summed E-state index contributed by atoms with van der Waals surface area (Å²) in [5, 5.41) is 20.5. The average molecular weight is 380 g/mol. The molecule has 0 aliphatic carbocycles. The monoisotopic (exact) mass is 380 g/mol. The molecule has 1 amide bonds. The number of nitrogens with zero attached hydrogens (tertiary/aromatic N) is 2. The summed E-state index contributed by atoms with van der Waals surface area (Å²) in [6.45, 7) is 0.105. The smallest absolute Gasteiger partial charge is 0.290 e. The van der Waals surface area contributed by atoms with Gasteiger partial charge in [0, 0.05) is 25.3 Å². The molecule has 2 aromatic carbocycles. The van der Waals surface area contributed by atoms with E-state index in [1.807, 2.05) is 0 Å². The molecule has 3 aromatic rings. The maximum absolute atomic E-state index is 13.1. The topological polar surface area (TPSA) is 114 Å². The van der Waals surface area contributed by atoms with Crippen LogP contribution in [0.15, 0.2) is 57.7 Å². The number of aliphatic hydroxyl groups excluding tert-OH is 1. The molecule has 0 spiro atoms. The lowest BCUT2D eigenvalue weighted by atomic mass is 9.98. The number of nitro groups is 1. The van der Waals surface area contributed by atoms with E-state index in [0.29, 0.717) is 23.0 Å². The number of para-hydroxylation sites is 1. The molecule has 28 heavy (non-hydrogen) atoms. The van der Waals surface area contributed by atoms with Gasteiger partial charge in [-0.05, 0) is 36.2 Å². The average Bonchev–Trinajstić information content (AvgIpc) is 2.99. The van der Waals surface area contributed by atoms with Crippen molar-refractivity contribution in [3.8, 4) is 0 Å². The number of fused-ring (bicyclic) bond motifs is 2. The summed E-state index contributed by atoms with van der Waals surface area (Å²) in [6.07, 6.45) is 0.330. The third-order valence-corrected chi connectivity index (χ3v) is 4.85. The van der Waals surface area contributed by atoms with Crippen molar-refractivity contribution >= 4 is 22.6 Å². The molecule has 0 saturated carbocycles. The number of non-ortho nitro benzene ring substituents is 1. The van der Waals surface area contributed by atoms with Crippen LogP contribution in [0.3, 0.4) is 0 Å². The van der Waals surface area contributed by atoms with E-state index in [4.69, 9.17) is 4.42 Å². The van der Waals surface area contributed by atoms with E-state index in [1.165, 1.54) is 29.2 Å².